The van der Waals surface area contributed by atoms with Gasteiger partial charge in [0.2, 0.25) is 10.0 Å². The molecule has 7 heteroatoms. The zero-order valence-corrected chi connectivity index (χ0v) is 18.3. The first kappa shape index (κ1) is 21.2. The first-order chi connectivity index (χ1) is 13.9. The Kier molecular flexibility index (Phi) is 6.52. The van der Waals surface area contributed by atoms with Crippen molar-refractivity contribution in [3.63, 3.8) is 0 Å². The van der Waals surface area contributed by atoms with Gasteiger partial charge in [0.15, 0.2) is 0 Å². The van der Waals surface area contributed by atoms with E-state index in [2.05, 4.69) is 5.32 Å². The van der Waals surface area contributed by atoms with E-state index in [4.69, 9.17) is 0 Å². The zero-order chi connectivity index (χ0) is 21.0. The molecule has 1 N–H and O–H groups in total. The van der Waals surface area contributed by atoms with Crippen LogP contribution < -0.4 is 5.32 Å². The number of para-hydroxylation sites is 1. The Bertz CT molecular complexity index is 1100. The molecule has 0 unspecified atom stereocenters. The van der Waals surface area contributed by atoms with Gasteiger partial charge in [-0.25, -0.2) is 8.42 Å². The number of nitrogens with zero attached hydrogens (tertiary/aromatic N) is 1. The van der Waals surface area contributed by atoms with E-state index in [9.17, 15) is 13.2 Å². The average molecular weight is 429 g/mol. The van der Waals surface area contributed by atoms with Crippen molar-refractivity contribution in [2.75, 3.05) is 18.4 Å². The second kappa shape index (κ2) is 8.90. The van der Waals surface area contributed by atoms with Crippen molar-refractivity contribution in [1.82, 2.24) is 4.31 Å². The highest BCUT2D eigenvalue weighted by molar-refractivity contribution is 7.89. The second-order valence-electron chi connectivity index (χ2n) is 6.54. The summed E-state index contributed by atoms with van der Waals surface area (Å²) in [4.78, 5) is 14.2. The van der Waals surface area contributed by atoms with Crippen LogP contribution in [0.3, 0.4) is 0 Å². The molecule has 0 radical (unpaired) electrons. The van der Waals surface area contributed by atoms with Crippen molar-refractivity contribution in [2.24, 2.45) is 0 Å². The molecule has 0 aliphatic rings. The van der Waals surface area contributed by atoms with Gasteiger partial charge >= 0.3 is 0 Å². The van der Waals surface area contributed by atoms with Gasteiger partial charge in [0, 0.05) is 34.8 Å². The number of sulfonamides is 1. The Balaban J connectivity index is 1.96. The minimum atomic E-state index is -3.64. The summed E-state index contributed by atoms with van der Waals surface area (Å²) in [7, 11) is -3.64. The van der Waals surface area contributed by atoms with E-state index >= 15 is 0 Å². The van der Waals surface area contributed by atoms with Crippen LogP contribution in [-0.2, 0) is 10.0 Å². The van der Waals surface area contributed by atoms with Crippen molar-refractivity contribution in [3.8, 4) is 10.4 Å². The van der Waals surface area contributed by atoms with Crippen LogP contribution in [0.5, 0.6) is 0 Å². The molecule has 0 saturated heterocycles. The molecule has 1 amide bonds. The van der Waals surface area contributed by atoms with Crippen LogP contribution >= 0.6 is 11.3 Å². The van der Waals surface area contributed by atoms with E-state index in [1.165, 1.54) is 10.4 Å². The molecule has 0 saturated carbocycles. The first-order valence-electron chi connectivity index (χ1n) is 9.43. The number of anilines is 1. The summed E-state index contributed by atoms with van der Waals surface area (Å²) in [5.74, 6) is -0.330. The third-order valence-corrected chi connectivity index (χ3v) is 7.71. The fraction of sp³-hybridized carbons (Fsp3) is 0.227. The van der Waals surface area contributed by atoms with E-state index in [1.54, 1.807) is 44.2 Å². The Morgan fingerprint density at radius 3 is 2.41 bits per heavy atom. The number of carbonyl (C=O) groups is 1. The number of rotatable bonds is 7. The van der Waals surface area contributed by atoms with Crippen LogP contribution in [0.25, 0.3) is 10.4 Å². The van der Waals surface area contributed by atoms with Crippen LogP contribution in [-0.4, -0.2) is 31.7 Å². The van der Waals surface area contributed by atoms with Crippen LogP contribution in [0.1, 0.15) is 29.8 Å². The summed E-state index contributed by atoms with van der Waals surface area (Å²) < 4.78 is 27.1. The monoisotopic (exact) mass is 428 g/mol. The number of hydrogen-bond acceptors (Lipinski definition) is 4. The number of hydrogen-bond donors (Lipinski definition) is 1. The number of benzene rings is 2. The minimum absolute atomic E-state index is 0.128. The maximum Gasteiger partial charge on any atom is 0.255 e. The summed E-state index contributed by atoms with van der Waals surface area (Å²) in [5, 5.41) is 4.94. The molecule has 3 rings (SSSR count). The largest absolute Gasteiger partial charge is 0.321 e. The maximum atomic E-state index is 13.0. The highest BCUT2D eigenvalue weighted by Crippen LogP contribution is 2.32. The second-order valence-corrected chi connectivity index (χ2v) is 9.43. The number of nitrogens with one attached hydrogen (secondary N) is 1. The lowest BCUT2D eigenvalue weighted by atomic mass is 10.1. The third-order valence-electron chi connectivity index (χ3n) is 4.76. The molecule has 1 aromatic heterocycles. The lowest BCUT2D eigenvalue weighted by Crippen LogP contribution is -2.30. The molecule has 1 heterocycles. The lowest BCUT2D eigenvalue weighted by molar-refractivity contribution is 0.102. The molecule has 29 heavy (non-hydrogen) atoms. The van der Waals surface area contributed by atoms with E-state index in [0.717, 1.165) is 16.0 Å². The van der Waals surface area contributed by atoms with Crippen molar-refractivity contribution in [1.29, 1.82) is 0 Å². The van der Waals surface area contributed by atoms with Gasteiger partial charge in [0.1, 0.15) is 0 Å². The standard InChI is InChI=1S/C22H24N2O3S2/c1-4-24(5-2)29(26,27)17-13-12-16(3)19(15-17)22(25)23-20-10-7-6-9-18(20)21-11-8-14-28-21/h6-15H,4-5H2,1-3H3,(H,23,25). The quantitative estimate of drug-likeness (QED) is 0.575. The molecule has 2 aromatic carbocycles. The van der Waals surface area contributed by atoms with E-state index in [-0.39, 0.29) is 10.8 Å². The summed E-state index contributed by atoms with van der Waals surface area (Å²) in [6.45, 7) is 6.15. The molecule has 152 valence electrons. The zero-order valence-electron chi connectivity index (χ0n) is 16.7. The lowest BCUT2D eigenvalue weighted by Gasteiger charge is -2.19. The number of aryl methyl sites for hydroxylation is 1. The summed E-state index contributed by atoms with van der Waals surface area (Å²) >= 11 is 1.59. The molecule has 0 aliphatic carbocycles. The molecule has 0 bridgehead atoms. The molecule has 0 atom stereocenters. The number of amides is 1. The van der Waals surface area contributed by atoms with E-state index in [0.29, 0.717) is 24.3 Å². The number of carbonyl (C=O) groups excluding carboxylic acids is 1. The van der Waals surface area contributed by atoms with Crippen LogP contribution in [0, 0.1) is 6.92 Å². The fourth-order valence-electron chi connectivity index (χ4n) is 3.15. The summed E-state index contributed by atoms with van der Waals surface area (Å²) in [6.07, 6.45) is 0. The maximum absolute atomic E-state index is 13.0. The summed E-state index contributed by atoms with van der Waals surface area (Å²) in [5.41, 5.74) is 2.69. The fourth-order valence-corrected chi connectivity index (χ4v) is 5.40. The molecular weight excluding hydrogens is 404 g/mol. The van der Waals surface area contributed by atoms with Gasteiger partial charge in [-0.15, -0.1) is 11.3 Å². The van der Waals surface area contributed by atoms with Gasteiger partial charge in [-0.3, -0.25) is 4.79 Å². The van der Waals surface area contributed by atoms with Crippen molar-refractivity contribution < 1.29 is 13.2 Å². The Hall–Kier alpha value is -2.48. The first-order valence-corrected chi connectivity index (χ1v) is 11.8. The Labute approximate surface area is 176 Å². The molecule has 0 aliphatic heterocycles. The molecule has 5 nitrogen and oxygen atoms in total. The van der Waals surface area contributed by atoms with Crippen LogP contribution in [0.15, 0.2) is 64.9 Å². The van der Waals surface area contributed by atoms with Gasteiger partial charge in [0.05, 0.1) is 4.90 Å². The average Bonchev–Trinajstić information content (AvgIpc) is 3.24. The van der Waals surface area contributed by atoms with E-state index in [1.807, 2.05) is 41.8 Å². The van der Waals surface area contributed by atoms with Gasteiger partial charge < -0.3 is 5.32 Å². The van der Waals surface area contributed by atoms with Gasteiger partial charge in [0.25, 0.3) is 5.91 Å². The predicted octanol–water partition coefficient (Wildman–Crippen LogP) is 5.01. The molecule has 0 fully saturated rings. The molecule has 0 spiro atoms. The SMILES string of the molecule is CCN(CC)S(=O)(=O)c1ccc(C)c(C(=O)Nc2ccccc2-c2cccs2)c1. The van der Waals surface area contributed by atoms with Gasteiger partial charge in [-0.2, -0.15) is 4.31 Å². The topological polar surface area (TPSA) is 66.5 Å². The normalized spacial score (nSPS) is 11.6. The smallest absolute Gasteiger partial charge is 0.255 e. The predicted molar refractivity (Wildman–Crippen MR) is 119 cm³/mol. The number of thiophene rings is 1. The molecule has 3 aromatic rings. The Morgan fingerprint density at radius 1 is 1.03 bits per heavy atom. The van der Waals surface area contributed by atoms with Gasteiger partial charge in [-0.1, -0.05) is 44.2 Å². The van der Waals surface area contributed by atoms with Crippen LogP contribution in [0.4, 0.5) is 5.69 Å². The minimum Gasteiger partial charge on any atom is -0.321 e. The Morgan fingerprint density at radius 2 is 1.76 bits per heavy atom. The highest BCUT2D eigenvalue weighted by atomic mass is 32.2. The molecular formula is C22H24N2O3S2. The van der Waals surface area contributed by atoms with Gasteiger partial charge in [-0.05, 0) is 42.1 Å². The van der Waals surface area contributed by atoms with Crippen molar-refractivity contribution >= 4 is 33.0 Å². The van der Waals surface area contributed by atoms with E-state index < -0.39 is 10.0 Å². The third kappa shape index (κ3) is 4.42. The highest BCUT2D eigenvalue weighted by Gasteiger charge is 2.23. The van der Waals surface area contributed by atoms with Crippen LogP contribution in [0.2, 0.25) is 0 Å². The summed E-state index contributed by atoms with van der Waals surface area (Å²) in [6, 6.07) is 16.2. The van der Waals surface area contributed by atoms with Crippen molar-refractivity contribution in [3.05, 3.63) is 71.1 Å². The van der Waals surface area contributed by atoms with Crippen molar-refractivity contribution in [2.45, 2.75) is 25.7 Å².